The normalized spacial score (nSPS) is 18.8. The van der Waals surface area contributed by atoms with E-state index in [2.05, 4.69) is 47.9 Å². The van der Waals surface area contributed by atoms with E-state index in [0.717, 1.165) is 54.5 Å². The van der Waals surface area contributed by atoms with Crippen LogP contribution in [0.3, 0.4) is 0 Å². The minimum Gasteiger partial charge on any atom is -0.340 e. The van der Waals surface area contributed by atoms with Crippen LogP contribution >= 0.6 is 0 Å². The van der Waals surface area contributed by atoms with Crippen LogP contribution in [-0.4, -0.2) is 72.2 Å². The summed E-state index contributed by atoms with van der Waals surface area (Å²) in [6.45, 7) is 9.04. The first kappa shape index (κ1) is 29.2. The highest BCUT2D eigenvalue weighted by atomic mass is 19.1. The number of amides is 1. The Balaban J connectivity index is 1.32. The molecular weight excluding hydrogens is 513 g/mol. The van der Waals surface area contributed by atoms with Gasteiger partial charge in [0.1, 0.15) is 12.1 Å². The van der Waals surface area contributed by atoms with Crippen LogP contribution in [0.15, 0.2) is 78.9 Å². The maximum Gasteiger partial charge on any atom is 0.230 e. The lowest BCUT2D eigenvalue weighted by atomic mass is 9.78. The number of nitrogens with zero attached hydrogens (tertiary/aromatic N) is 3. The molecule has 6 heteroatoms. The third-order valence-corrected chi connectivity index (χ3v) is 9.06. The Hall–Kier alpha value is -3.35. The van der Waals surface area contributed by atoms with E-state index in [1.54, 1.807) is 12.1 Å². The number of rotatable bonds is 9. The van der Waals surface area contributed by atoms with E-state index < -0.39 is 0 Å². The van der Waals surface area contributed by atoms with Crippen LogP contribution < -0.4 is 0 Å². The third kappa shape index (κ3) is 6.77. The molecule has 0 bridgehead atoms. The Morgan fingerprint density at radius 3 is 2.10 bits per heavy atom. The second-order valence-electron chi connectivity index (χ2n) is 11.7. The zero-order valence-corrected chi connectivity index (χ0v) is 24.3. The van der Waals surface area contributed by atoms with Crippen LogP contribution in [0.2, 0.25) is 0 Å². The number of carbonyl (C=O) groups is 2. The van der Waals surface area contributed by atoms with Crippen molar-refractivity contribution in [3.05, 3.63) is 95.8 Å². The highest BCUT2D eigenvalue weighted by Gasteiger charge is 2.37. The van der Waals surface area contributed by atoms with Crippen molar-refractivity contribution in [3.63, 3.8) is 0 Å². The molecule has 2 aliphatic heterocycles. The van der Waals surface area contributed by atoms with Crippen molar-refractivity contribution in [1.82, 2.24) is 14.7 Å². The SMILES string of the molecule is CC(C)N1CCC(C(C(=O)N2CCN(C(CC=O)c3ccccc3-c3ccccc3)CC2)c2ccc(F)cc2)CC1. The number of piperidine rings is 1. The van der Waals surface area contributed by atoms with Crippen molar-refractivity contribution in [2.45, 2.75) is 51.1 Å². The van der Waals surface area contributed by atoms with Crippen LogP contribution in [0, 0.1) is 11.7 Å². The Morgan fingerprint density at radius 2 is 1.46 bits per heavy atom. The maximum atomic E-state index is 14.2. The second kappa shape index (κ2) is 13.5. The topological polar surface area (TPSA) is 43.9 Å². The standard InChI is InChI=1S/C35H42FN3O2/c1-26(2)37-19-16-29(17-20-37)34(28-12-14-30(36)15-13-28)35(41)39-23-21-38(22-24-39)33(18-25-40)32-11-7-6-10-31(32)27-8-4-3-5-9-27/h3-15,25-26,29,33-34H,16-24H2,1-2H3. The van der Waals surface area contributed by atoms with Crippen LogP contribution in [0.4, 0.5) is 4.39 Å². The monoisotopic (exact) mass is 555 g/mol. The molecule has 1 amide bonds. The average Bonchev–Trinajstić information content (AvgIpc) is 3.02. The molecule has 2 aliphatic rings. The molecule has 216 valence electrons. The zero-order chi connectivity index (χ0) is 28.8. The first-order valence-electron chi connectivity index (χ1n) is 15.1. The van der Waals surface area contributed by atoms with Gasteiger partial charge < -0.3 is 14.6 Å². The van der Waals surface area contributed by atoms with E-state index in [9.17, 15) is 14.0 Å². The third-order valence-electron chi connectivity index (χ3n) is 9.06. The Kier molecular flexibility index (Phi) is 9.63. The van der Waals surface area contributed by atoms with Crippen molar-refractivity contribution < 1.29 is 14.0 Å². The Labute approximate surface area is 244 Å². The molecule has 0 radical (unpaired) electrons. The molecule has 0 saturated carbocycles. The molecule has 2 fully saturated rings. The number of aldehydes is 1. The molecule has 5 nitrogen and oxygen atoms in total. The van der Waals surface area contributed by atoms with Crippen LogP contribution in [0.25, 0.3) is 11.1 Å². The van der Waals surface area contributed by atoms with E-state index in [-0.39, 0.29) is 29.6 Å². The highest BCUT2D eigenvalue weighted by molar-refractivity contribution is 5.84. The number of likely N-dealkylation sites (tertiary alicyclic amines) is 1. The van der Waals surface area contributed by atoms with Crippen molar-refractivity contribution in [1.29, 1.82) is 0 Å². The van der Waals surface area contributed by atoms with Gasteiger partial charge >= 0.3 is 0 Å². The van der Waals surface area contributed by atoms with Gasteiger partial charge in [0.2, 0.25) is 5.91 Å². The van der Waals surface area contributed by atoms with E-state index in [1.165, 1.54) is 12.1 Å². The predicted molar refractivity (Wildman–Crippen MR) is 162 cm³/mol. The van der Waals surface area contributed by atoms with E-state index >= 15 is 0 Å². The van der Waals surface area contributed by atoms with Gasteiger partial charge in [-0.1, -0.05) is 66.7 Å². The summed E-state index contributed by atoms with van der Waals surface area (Å²) >= 11 is 0. The number of piperazine rings is 1. The summed E-state index contributed by atoms with van der Waals surface area (Å²) in [6.07, 6.45) is 3.34. The highest BCUT2D eigenvalue weighted by Crippen LogP contribution is 2.37. The fraction of sp³-hybridized carbons (Fsp3) is 0.429. The number of hydrogen-bond donors (Lipinski definition) is 0. The molecule has 3 aromatic carbocycles. The lowest BCUT2D eigenvalue weighted by molar-refractivity contribution is -0.137. The summed E-state index contributed by atoms with van der Waals surface area (Å²) in [5.74, 6) is -0.154. The van der Waals surface area contributed by atoms with Crippen molar-refractivity contribution >= 4 is 12.2 Å². The summed E-state index contributed by atoms with van der Waals surface area (Å²) in [5, 5.41) is 0. The first-order valence-corrected chi connectivity index (χ1v) is 15.1. The number of halogens is 1. The predicted octanol–water partition coefficient (Wildman–Crippen LogP) is 6.17. The summed E-state index contributed by atoms with van der Waals surface area (Å²) in [7, 11) is 0. The average molecular weight is 556 g/mol. The largest absolute Gasteiger partial charge is 0.340 e. The fourth-order valence-electron chi connectivity index (χ4n) is 6.74. The summed E-state index contributed by atoms with van der Waals surface area (Å²) in [4.78, 5) is 32.8. The molecule has 0 aromatic heterocycles. The van der Waals surface area contributed by atoms with Crippen molar-refractivity contribution in [2.75, 3.05) is 39.3 Å². The molecule has 2 atom stereocenters. The molecule has 2 unspecified atom stereocenters. The van der Waals surface area contributed by atoms with Crippen LogP contribution in [0.5, 0.6) is 0 Å². The van der Waals surface area contributed by atoms with Crippen molar-refractivity contribution in [3.8, 4) is 11.1 Å². The van der Waals surface area contributed by atoms with Crippen LogP contribution in [0.1, 0.15) is 56.2 Å². The molecule has 0 aliphatic carbocycles. The van der Waals surface area contributed by atoms with Crippen LogP contribution in [-0.2, 0) is 9.59 Å². The molecule has 0 N–H and O–H groups in total. The van der Waals surface area contributed by atoms with E-state index in [4.69, 9.17) is 0 Å². The van der Waals surface area contributed by atoms with Gasteiger partial charge in [0.15, 0.2) is 0 Å². The first-order chi connectivity index (χ1) is 20.0. The van der Waals surface area contributed by atoms with Gasteiger partial charge in [0.25, 0.3) is 0 Å². The molecule has 3 aromatic rings. The van der Waals surface area contributed by atoms with Crippen molar-refractivity contribution in [2.24, 2.45) is 5.92 Å². The molecular formula is C35H42FN3O2. The lowest BCUT2D eigenvalue weighted by Crippen LogP contribution is -2.52. The molecule has 2 heterocycles. The van der Waals surface area contributed by atoms with Gasteiger partial charge in [-0.2, -0.15) is 0 Å². The fourth-order valence-corrected chi connectivity index (χ4v) is 6.74. The number of hydrogen-bond acceptors (Lipinski definition) is 4. The summed E-state index contributed by atoms with van der Waals surface area (Å²) < 4.78 is 13.8. The smallest absolute Gasteiger partial charge is 0.230 e. The van der Waals surface area contributed by atoms with Gasteiger partial charge in [-0.3, -0.25) is 9.69 Å². The Morgan fingerprint density at radius 1 is 0.829 bits per heavy atom. The van der Waals surface area contributed by atoms with Gasteiger partial charge in [-0.05, 0) is 80.1 Å². The van der Waals surface area contributed by atoms with Gasteiger partial charge in [-0.25, -0.2) is 4.39 Å². The minimum absolute atomic E-state index is 0.0468. The molecule has 0 spiro atoms. The zero-order valence-electron chi connectivity index (χ0n) is 24.3. The minimum atomic E-state index is -0.278. The summed E-state index contributed by atoms with van der Waals surface area (Å²) in [5.41, 5.74) is 4.34. The molecule has 5 rings (SSSR count). The van der Waals surface area contributed by atoms with E-state index in [1.807, 2.05) is 35.2 Å². The molecule has 41 heavy (non-hydrogen) atoms. The maximum absolute atomic E-state index is 14.2. The van der Waals surface area contributed by atoms with Gasteiger partial charge in [0.05, 0.1) is 5.92 Å². The summed E-state index contributed by atoms with van der Waals surface area (Å²) in [6, 6.07) is 25.6. The number of benzene rings is 3. The van der Waals surface area contributed by atoms with E-state index in [0.29, 0.717) is 38.6 Å². The second-order valence-corrected chi connectivity index (χ2v) is 11.7. The number of carbonyl (C=O) groups excluding carboxylic acids is 2. The Bertz CT molecular complexity index is 1280. The molecule has 2 saturated heterocycles. The van der Waals surface area contributed by atoms with Gasteiger partial charge in [0, 0.05) is 44.7 Å². The lowest BCUT2D eigenvalue weighted by Gasteiger charge is -2.43. The van der Waals surface area contributed by atoms with Gasteiger partial charge in [-0.15, -0.1) is 0 Å². The quantitative estimate of drug-likeness (QED) is 0.296.